The van der Waals surface area contributed by atoms with Gasteiger partial charge in [0, 0.05) is 18.4 Å². The van der Waals surface area contributed by atoms with Crippen molar-refractivity contribution in [3.63, 3.8) is 0 Å². The van der Waals surface area contributed by atoms with Crippen molar-refractivity contribution in [3.8, 4) is 17.0 Å². The Bertz CT molecular complexity index is 890. The van der Waals surface area contributed by atoms with Crippen molar-refractivity contribution in [2.75, 3.05) is 0 Å². The first-order chi connectivity index (χ1) is 17.0. The SMILES string of the molecule is C=CCCCCCCCCCC(=O)Oc1ccc(-c2ccc(CCC(C)OC(=O)CC)cc2)nc1. The summed E-state index contributed by atoms with van der Waals surface area (Å²) < 4.78 is 10.8. The highest BCUT2D eigenvalue weighted by molar-refractivity contribution is 5.72. The van der Waals surface area contributed by atoms with Crippen LogP contribution in [0, 0.1) is 0 Å². The topological polar surface area (TPSA) is 65.5 Å². The van der Waals surface area contributed by atoms with E-state index in [1.54, 1.807) is 19.2 Å². The lowest BCUT2D eigenvalue weighted by Gasteiger charge is -2.12. The number of unbranched alkanes of at least 4 members (excludes halogenated alkanes) is 7. The van der Waals surface area contributed by atoms with Gasteiger partial charge in [-0.05, 0) is 56.7 Å². The number of carbonyl (C=O) groups is 2. The molecule has 0 aliphatic rings. The molecule has 1 aromatic carbocycles. The van der Waals surface area contributed by atoms with Crippen molar-refractivity contribution >= 4 is 11.9 Å². The van der Waals surface area contributed by atoms with E-state index in [0.717, 1.165) is 43.4 Å². The van der Waals surface area contributed by atoms with Gasteiger partial charge in [0.15, 0.2) is 0 Å². The lowest BCUT2D eigenvalue weighted by atomic mass is 10.0. The molecule has 1 heterocycles. The first kappa shape index (κ1) is 28.3. The Morgan fingerprint density at radius 1 is 0.943 bits per heavy atom. The molecule has 1 unspecified atom stereocenters. The van der Waals surface area contributed by atoms with E-state index >= 15 is 0 Å². The summed E-state index contributed by atoms with van der Waals surface area (Å²) in [4.78, 5) is 27.9. The van der Waals surface area contributed by atoms with Gasteiger partial charge in [-0.15, -0.1) is 6.58 Å². The molecule has 2 rings (SSSR count). The van der Waals surface area contributed by atoms with Crippen molar-refractivity contribution < 1.29 is 19.1 Å². The Labute approximate surface area is 211 Å². The number of pyridine rings is 1. The standard InChI is InChI=1S/C30H41NO4/c1-4-6-7-8-9-10-11-12-13-14-30(33)35-27-21-22-28(31-23-27)26-19-17-25(18-20-26)16-15-24(3)34-29(32)5-2/h4,17-24H,1,5-16H2,2-3H3. The van der Waals surface area contributed by atoms with Crippen LogP contribution in [0.25, 0.3) is 11.3 Å². The smallest absolute Gasteiger partial charge is 0.311 e. The third-order valence-corrected chi connectivity index (χ3v) is 5.97. The zero-order valence-corrected chi connectivity index (χ0v) is 21.5. The maximum absolute atomic E-state index is 12.1. The minimum Gasteiger partial charge on any atom is -0.463 e. The van der Waals surface area contributed by atoms with Crippen molar-refractivity contribution in [2.45, 2.75) is 97.0 Å². The van der Waals surface area contributed by atoms with Crippen LogP contribution >= 0.6 is 0 Å². The number of carbonyl (C=O) groups excluding carboxylic acids is 2. The summed E-state index contributed by atoms with van der Waals surface area (Å²) in [5.41, 5.74) is 3.02. The first-order valence-corrected chi connectivity index (χ1v) is 13.1. The highest BCUT2D eigenvalue weighted by Crippen LogP contribution is 2.21. The van der Waals surface area contributed by atoms with Crippen LogP contribution in [0.5, 0.6) is 5.75 Å². The van der Waals surface area contributed by atoms with Crippen molar-refractivity contribution in [3.05, 3.63) is 60.8 Å². The van der Waals surface area contributed by atoms with E-state index in [1.807, 2.05) is 31.2 Å². The van der Waals surface area contributed by atoms with Gasteiger partial charge < -0.3 is 9.47 Å². The summed E-state index contributed by atoms with van der Waals surface area (Å²) >= 11 is 0. The highest BCUT2D eigenvalue weighted by Gasteiger charge is 2.09. The van der Waals surface area contributed by atoms with Crippen molar-refractivity contribution in [2.24, 2.45) is 0 Å². The number of hydrogen-bond acceptors (Lipinski definition) is 5. The average Bonchev–Trinajstić information content (AvgIpc) is 2.87. The van der Waals surface area contributed by atoms with E-state index < -0.39 is 0 Å². The molecule has 190 valence electrons. The Hall–Kier alpha value is -2.95. The van der Waals surface area contributed by atoms with Crippen LogP contribution in [0.4, 0.5) is 0 Å². The lowest BCUT2D eigenvalue weighted by Crippen LogP contribution is -2.14. The van der Waals surface area contributed by atoms with E-state index in [1.165, 1.54) is 37.7 Å². The molecule has 5 heteroatoms. The molecular weight excluding hydrogens is 438 g/mol. The fourth-order valence-electron chi connectivity index (χ4n) is 3.81. The molecule has 0 spiro atoms. The predicted octanol–water partition coefficient (Wildman–Crippen LogP) is 7.63. The Kier molecular flexibility index (Phi) is 13.4. The molecule has 0 bridgehead atoms. The Balaban J connectivity index is 1.68. The van der Waals surface area contributed by atoms with Gasteiger partial charge >= 0.3 is 11.9 Å². The number of esters is 2. The summed E-state index contributed by atoms with van der Waals surface area (Å²) in [5.74, 6) is 0.121. The van der Waals surface area contributed by atoms with E-state index in [4.69, 9.17) is 9.47 Å². The Morgan fingerprint density at radius 3 is 2.26 bits per heavy atom. The van der Waals surface area contributed by atoms with Gasteiger partial charge in [0.2, 0.25) is 0 Å². The minimum atomic E-state index is -0.200. The van der Waals surface area contributed by atoms with E-state index in [0.29, 0.717) is 18.6 Å². The van der Waals surface area contributed by atoms with E-state index in [2.05, 4.69) is 23.7 Å². The Morgan fingerprint density at radius 2 is 1.63 bits per heavy atom. The quantitative estimate of drug-likeness (QED) is 0.133. The van der Waals surface area contributed by atoms with Crippen LogP contribution in [0.2, 0.25) is 0 Å². The molecule has 0 aliphatic heterocycles. The molecule has 0 saturated carbocycles. The minimum absolute atomic E-state index is 0.0866. The van der Waals surface area contributed by atoms with Crippen molar-refractivity contribution in [1.82, 2.24) is 4.98 Å². The fourth-order valence-corrected chi connectivity index (χ4v) is 3.81. The van der Waals surface area contributed by atoms with Gasteiger partial charge in [-0.1, -0.05) is 69.4 Å². The number of aryl methyl sites for hydroxylation is 1. The molecular formula is C30H41NO4. The zero-order valence-electron chi connectivity index (χ0n) is 21.5. The summed E-state index contributed by atoms with van der Waals surface area (Å²) in [6.07, 6.45) is 15.2. The summed E-state index contributed by atoms with van der Waals surface area (Å²) in [6, 6.07) is 11.9. The van der Waals surface area contributed by atoms with Gasteiger partial charge in [-0.2, -0.15) is 0 Å². The number of allylic oxidation sites excluding steroid dienone is 1. The number of nitrogens with zero attached hydrogens (tertiary/aromatic N) is 1. The molecule has 5 nitrogen and oxygen atoms in total. The average molecular weight is 480 g/mol. The predicted molar refractivity (Wildman–Crippen MR) is 141 cm³/mol. The van der Waals surface area contributed by atoms with Gasteiger partial charge in [-0.3, -0.25) is 14.6 Å². The molecule has 2 aromatic rings. The van der Waals surface area contributed by atoms with Crippen LogP contribution in [0.3, 0.4) is 0 Å². The molecule has 35 heavy (non-hydrogen) atoms. The van der Waals surface area contributed by atoms with Crippen LogP contribution in [-0.4, -0.2) is 23.0 Å². The second-order valence-electron chi connectivity index (χ2n) is 9.05. The number of ether oxygens (including phenoxy) is 2. The number of aromatic nitrogens is 1. The summed E-state index contributed by atoms with van der Waals surface area (Å²) in [6.45, 7) is 7.47. The lowest BCUT2D eigenvalue weighted by molar-refractivity contribution is -0.148. The van der Waals surface area contributed by atoms with E-state index in [-0.39, 0.29) is 18.0 Å². The molecule has 0 N–H and O–H groups in total. The van der Waals surface area contributed by atoms with Crippen molar-refractivity contribution in [1.29, 1.82) is 0 Å². The normalized spacial score (nSPS) is 11.6. The fraction of sp³-hybridized carbons (Fsp3) is 0.500. The number of hydrogen-bond donors (Lipinski definition) is 0. The number of benzene rings is 1. The molecule has 0 fully saturated rings. The third-order valence-electron chi connectivity index (χ3n) is 5.97. The van der Waals surface area contributed by atoms with Crippen LogP contribution in [0.1, 0.15) is 90.0 Å². The van der Waals surface area contributed by atoms with Gasteiger partial charge in [0.05, 0.1) is 18.0 Å². The second kappa shape index (κ2) is 16.6. The van der Waals surface area contributed by atoms with Crippen LogP contribution in [0.15, 0.2) is 55.3 Å². The monoisotopic (exact) mass is 479 g/mol. The molecule has 0 radical (unpaired) electrons. The largest absolute Gasteiger partial charge is 0.463 e. The zero-order chi connectivity index (χ0) is 25.3. The second-order valence-corrected chi connectivity index (χ2v) is 9.05. The summed E-state index contributed by atoms with van der Waals surface area (Å²) in [7, 11) is 0. The third kappa shape index (κ3) is 11.8. The van der Waals surface area contributed by atoms with E-state index in [9.17, 15) is 9.59 Å². The molecule has 1 aromatic heterocycles. The van der Waals surface area contributed by atoms with Gasteiger partial charge in [0.1, 0.15) is 5.75 Å². The number of rotatable bonds is 17. The molecule has 0 amide bonds. The highest BCUT2D eigenvalue weighted by atomic mass is 16.5. The molecule has 1 atom stereocenters. The molecule has 0 saturated heterocycles. The maximum Gasteiger partial charge on any atom is 0.311 e. The van der Waals surface area contributed by atoms with Crippen LogP contribution in [-0.2, 0) is 20.7 Å². The first-order valence-electron chi connectivity index (χ1n) is 13.1. The molecule has 0 aliphatic carbocycles. The van der Waals surface area contributed by atoms with Gasteiger partial charge in [0.25, 0.3) is 0 Å². The summed E-state index contributed by atoms with van der Waals surface area (Å²) in [5, 5.41) is 0. The van der Waals surface area contributed by atoms with Gasteiger partial charge in [-0.25, -0.2) is 0 Å². The van der Waals surface area contributed by atoms with Crippen LogP contribution < -0.4 is 4.74 Å². The maximum atomic E-state index is 12.1.